The summed E-state index contributed by atoms with van der Waals surface area (Å²) in [4.78, 5) is 21.9. The molecule has 0 aliphatic rings. The zero-order chi connectivity index (χ0) is 11.4. The molecule has 1 N–H and O–H groups in total. The molecule has 0 saturated heterocycles. The Morgan fingerprint density at radius 1 is 1.13 bits per heavy atom. The van der Waals surface area contributed by atoms with Gasteiger partial charge in [0.1, 0.15) is 0 Å². The molecule has 0 heterocycles. The third-order valence-corrected chi connectivity index (χ3v) is 2.24. The van der Waals surface area contributed by atoms with Crippen LogP contribution in [-0.4, -0.2) is 11.7 Å². The summed E-state index contributed by atoms with van der Waals surface area (Å²) in [5.41, 5.74) is 1.68. The number of hydrogen-bond donors (Lipinski definition) is 1. The molecule has 1 rings (SSSR count). The predicted molar refractivity (Wildman–Crippen MR) is 58.7 cm³/mol. The molecule has 0 fully saturated rings. The summed E-state index contributed by atoms with van der Waals surface area (Å²) >= 11 is 0. The van der Waals surface area contributed by atoms with Gasteiger partial charge in [-0.1, -0.05) is 24.3 Å². The maximum atomic E-state index is 11.0. The molecule has 3 nitrogen and oxygen atoms in total. The SMILES string of the molecule is CC(=O)NC(C)c1ccc(C(C)=O)cc1. The second kappa shape index (κ2) is 4.73. The standard InChI is InChI=1S/C12H15NO2/c1-8(13-10(3)15)11-4-6-12(7-5-11)9(2)14/h4-8H,1-3H3,(H,13,15). The van der Waals surface area contributed by atoms with Crippen LogP contribution in [0.15, 0.2) is 24.3 Å². The molecular weight excluding hydrogens is 190 g/mol. The van der Waals surface area contributed by atoms with Crippen LogP contribution in [0.3, 0.4) is 0 Å². The van der Waals surface area contributed by atoms with Crippen molar-refractivity contribution in [2.24, 2.45) is 0 Å². The largest absolute Gasteiger partial charge is 0.350 e. The molecule has 0 bridgehead atoms. The normalized spacial score (nSPS) is 11.9. The first-order chi connectivity index (χ1) is 7.00. The molecule has 1 unspecified atom stereocenters. The Balaban J connectivity index is 2.79. The van der Waals surface area contributed by atoms with Crippen LogP contribution >= 0.6 is 0 Å². The van der Waals surface area contributed by atoms with Crippen molar-refractivity contribution >= 4 is 11.7 Å². The maximum absolute atomic E-state index is 11.0. The monoisotopic (exact) mass is 205 g/mol. The number of nitrogens with one attached hydrogen (secondary N) is 1. The van der Waals surface area contributed by atoms with Gasteiger partial charge in [0.05, 0.1) is 6.04 Å². The lowest BCUT2D eigenvalue weighted by Crippen LogP contribution is -2.23. The highest BCUT2D eigenvalue weighted by atomic mass is 16.1. The third-order valence-electron chi connectivity index (χ3n) is 2.24. The van der Waals surface area contributed by atoms with E-state index in [4.69, 9.17) is 0 Å². The lowest BCUT2D eigenvalue weighted by atomic mass is 10.0. The molecule has 0 aliphatic carbocycles. The average Bonchev–Trinajstić information content (AvgIpc) is 2.17. The molecule has 0 spiro atoms. The highest BCUT2D eigenvalue weighted by molar-refractivity contribution is 5.94. The van der Waals surface area contributed by atoms with Crippen molar-refractivity contribution < 1.29 is 9.59 Å². The molecule has 0 aliphatic heterocycles. The highest BCUT2D eigenvalue weighted by Gasteiger charge is 2.06. The van der Waals surface area contributed by atoms with E-state index in [0.717, 1.165) is 5.56 Å². The molecular formula is C12H15NO2. The van der Waals surface area contributed by atoms with Gasteiger partial charge in [0.15, 0.2) is 5.78 Å². The third kappa shape index (κ3) is 3.20. The van der Waals surface area contributed by atoms with Crippen LogP contribution in [-0.2, 0) is 4.79 Å². The Bertz CT molecular complexity index is 368. The van der Waals surface area contributed by atoms with Gasteiger partial charge in [0.25, 0.3) is 0 Å². The van der Waals surface area contributed by atoms with E-state index in [1.165, 1.54) is 13.8 Å². The lowest BCUT2D eigenvalue weighted by molar-refractivity contribution is -0.119. The van der Waals surface area contributed by atoms with E-state index in [2.05, 4.69) is 5.32 Å². The molecule has 0 radical (unpaired) electrons. The Morgan fingerprint density at radius 3 is 2.07 bits per heavy atom. The van der Waals surface area contributed by atoms with Crippen LogP contribution in [0.5, 0.6) is 0 Å². The second-order valence-corrected chi connectivity index (χ2v) is 3.60. The summed E-state index contributed by atoms with van der Waals surface area (Å²) in [7, 11) is 0. The van der Waals surface area contributed by atoms with Crippen molar-refractivity contribution in [1.82, 2.24) is 5.32 Å². The number of carbonyl (C=O) groups excluding carboxylic acids is 2. The summed E-state index contributed by atoms with van der Waals surface area (Å²) < 4.78 is 0. The van der Waals surface area contributed by atoms with Gasteiger partial charge in [-0.25, -0.2) is 0 Å². The van der Waals surface area contributed by atoms with Crippen LogP contribution in [0.2, 0.25) is 0 Å². The Hall–Kier alpha value is -1.64. The van der Waals surface area contributed by atoms with Crippen molar-refractivity contribution in [3.8, 4) is 0 Å². The number of benzene rings is 1. The summed E-state index contributed by atoms with van der Waals surface area (Å²) in [6.45, 7) is 4.93. The summed E-state index contributed by atoms with van der Waals surface area (Å²) in [6, 6.07) is 7.24. The molecule has 80 valence electrons. The number of rotatable bonds is 3. The number of carbonyl (C=O) groups is 2. The van der Waals surface area contributed by atoms with E-state index < -0.39 is 0 Å². The second-order valence-electron chi connectivity index (χ2n) is 3.60. The van der Waals surface area contributed by atoms with Gasteiger partial charge >= 0.3 is 0 Å². The Kier molecular flexibility index (Phi) is 3.61. The maximum Gasteiger partial charge on any atom is 0.217 e. The van der Waals surface area contributed by atoms with Gasteiger partial charge in [0.2, 0.25) is 5.91 Å². The van der Waals surface area contributed by atoms with Crippen molar-refractivity contribution in [3.63, 3.8) is 0 Å². The van der Waals surface area contributed by atoms with Crippen LogP contribution in [0.4, 0.5) is 0 Å². The Morgan fingerprint density at radius 2 is 1.67 bits per heavy atom. The highest BCUT2D eigenvalue weighted by Crippen LogP contribution is 2.13. The van der Waals surface area contributed by atoms with Gasteiger partial charge in [0, 0.05) is 12.5 Å². The number of amides is 1. The van der Waals surface area contributed by atoms with Crippen molar-refractivity contribution in [2.75, 3.05) is 0 Å². The fourth-order valence-electron chi connectivity index (χ4n) is 1.39. The van der Waals surface area contributed by atoms with E-state index in [1.807, 2.05) is 19.1 Å². The molecule has 1 amide bonds. The van der Waals surface area contributed by atoms with E-state index in [-0.39, 0.29) is 17.7 Å². The van der Waals surface area contributed by atoms with Crippen LogP contribution in [0.25, 0.3) is 0 Å². The van der Waals surface area contributed by atoms with Crippen LogP contribution < -0.4 is 5.32 Å². The minimum atomic E-state index is -0.0573. The van der Waals surface area contributed by atoms with Gasteiger partial charge in [-0.05, 0) is 19.4 Å². The molecule has 1 atom stereocenters. The lowest BCUT2D eigenvalue weighted by Gasteiger charge is -2.12. The molecule has 1 aromatic rings. The minimum absolute atomic E-state index is 0.0245. The van der Waals surface area contributed by atoms with Gasteiger partial charge in [-0.3, -0.25) is 9.59 Å². The van der Waals surface area contributed by atoms with Crippen LogP contribution in [0, 0.1) is 0 Å². The summed E-state index contributed by atoms with van der Waals surface area (Å²) in [6.07, 6.45) is 0. The molecule has 3 heteroatoms. The summed E-state index contributed by atoms with van der Waals surface area (Å²) in [5.74, 6) is -0.00752. The average molecular weight is 205 g/mol. The van der Waals surface area contributed by atoms with E-state index in [1.54, 1.807) is 12.1 Å². The molecule has 0 aromatic heterocycles. The fourth-order valence-corrected chi connectivity index (χ4v) is 1.39. The first-order valence-corrected chi connectivity index (χ1v) is 4.88. The smallest absolute Gasteiger partial charge is 0.217 e. The Labute approximate surface area is 89.5 Å². The topological polar surface area (TPSA) is 46.2 Å². The zero-order valence-corrected chi connectivity index (χ0v) is 9.20. The van der Waals surface area contributed by atoms with Crippen molar-refractivity contribution in [3.05, 3.63) is 35.4 Å². The number of Topliss-reactive ketones (excluding diaryl/α,β-unsaturated/α-hetero) is 1. The first kappa shape index (κ1) is 11.4. The van der Waals surface area contributed by atoms with Crippen molar-refractivity contribution in [2.45, 2.75) is 26.8 Å². The molecule has 1 aromatic carbocycles. The molecule has 0 saturated carbocycles. The summed E-state index contributed by atoms with van der Waals surface area (Å²) in [5, 5.41) is 2.78. The van der Waals surface area contributed by atoms with Crippen molar-refractivity contribution in [1.29, 1.82) is 0 Å². The van der Waals surface area contributed by atoms with Gasteiger partial charge in [-0.15, -0.1) is 0 Å². The number of ketones is 1. The quantitative estimate of drug-likeness (QED) is 0.768. The van der Waals surface area contributed by atoms with E-state index >= 15 is 0 Å². The van der Waals surface area contributed by atoms with Crippen LogP contribution in [0.1, 0.15) is 42.7 Å². The van der Waals surface area contributed by atoms with E-state index in [0.29, 0.717) is 5.56 Å². The minimum Gasteiger partial charge on any atom is -0.350 e. The number of hydrogen-bond acceptors (Lipinski definition) is 2. The predicted octanol–water partition coefficient (Wildman–Crippen LogP) is 2.09. The van der Waals surface area contributed by atoms with Gasteiger partial charge in [-0.2, -0.15) is 0 Å². The fraction of sp³-hybridized carbons (Fsp3) is 0.333. The molecule has 15 heavy (non-hydrogen) atoms. The zero-order valence-electron chi connectivity index (χ0n) is 9.20. The van der Waals surface area contributed by atoms with E-state index in [9.17, 15) is 9.59 Å². The van der Waals surface area contributed by atoms with Gasteiger partial charge < -0.3 is 5.32 Å². The first-order valence-electron chi connectivity index (χ1n) is 4.88.